The van der Waals surface area contributed by atoms with Gasteiger partial charge in [0, 0.05) is 12.0 Å². The average Bonchev–Trinajstić information content (AvgIpc) is 1.73. The molecule has 1 atom stereocenters. The lowest BCUT2D eigenvalue weighted by molar-refractivity contribution is -0.170. The van der Waals surface area contributed by atoms with Crippen LogP contribution in [0, 0.1) is 5.41 Å². The normalized spacial score (nSPS) is 29.2. The Morgan fingerprint density at radius 2 is 2.07 bits per heavy atom. The van der Waals surface area contributed by atoms with Gasteiger partial charge in [-0.2, -0.15) is 0 Å². The van der Waals surface area contributed by atoms with Crippen LogP contribution < -0.4 is 5.32 Å². The summed E-state index contributed by atoms with van der Waals surface area (Å²) in [6.07, 6.45) is 3.63. The molecule has 2 fully saturated rings. The van der Waals surface area contributed by atoms with Crippen LogP contribution >= 0.6 is 0 Å². The molecule has 1 heterocycles. The highest BCUT2D eigenvalue weighted by Crippen LogP contribution is 2.48. The molecule has 1 aliphatic heterocycles. The average molecular weight is 197 g/mol. The first kappa shape index (κ1) is 9.97. The van der Waals surface area contributed by atoms with Gasteiger partial charge in [0.2, 0.25) is 0 Å². The highest BCUT2D eigenvalue weighted by atomic mass is 16.6. The summed E-state index contributed by atoms with van der Waals surface area (Å²) in [5.74, 6) is -0.0662. The Hall–Kier alpha value is -0.570. The van der Waals surface area contributed by atoms with Gasteiger partial charge in [0.05, 0.1) is 0 Å². The van der Waals surface area contributed by atoms with Crippen LogP contribution in [-0.4, -0.2) is 24.2 Å². The topological polar surface area (TPSA) is 38.3 Å². The van der Waals surface area contributed by atoms with Gasteiger partial charge < -0.3 is 10.1 Å². The molecule has 1 N–H and O–H groups in total. The fourth-order valence-corrected chi connectivity index (χ4v) is 2.28. The summed E-state index contributed by atoms with van der Waals surface area (Å²) in [6, 6.07) is -0.0320. The van der Waals surface area contributed by atoms with Gasteiger partial charge in [-0.3, -0.25) is 4.79 Å². The first-order chi connectivity index (χ1) is 6.43. The van der Waals surface area contributed by atoms with Gasteiger partial charge >= 0.3 is 5.97 Å². The van der Waals surface area contributed by atoms with Gasteiger partial charge in [-0.25, -0.2) is 0 Å². The number of hydrogen-bond acceptors (Lipinski definition) is 3. The van der Waals surface area contributed by atoms with Gasteiger partial charge in [0.25, 0.3) is 0 Å². The van der Waals surface area contributed by atoms with E-state index in [1.54, 1.807) is 0 Å². The Bertz CT molecular complexity index is 245. The summed E-state index contributed by atoms with van der Waals surface area (Å²) in [7, 11) is 0. The molecule has 14 heavy (non-hydrogen) atoms. The third-order valence-electron chi connectivity index (χ3n) is 3.26. The maximum absolute atomic E-state index is 11.8. The minimum atomic E-state index is -0.362. The van der Waals surface area contributed by atoms with E-state index in [-0.39, 0.29) is 23.0 Å². The second-order valence-electron chi connectivity index (χ2n) is 5.56. The van der Waals surface area contributed by atoms with Crippen LogP contribution in [0.4, 0.5) is 0 Å². The fraction of sp³-hybridized carbons (Fsp3) is 0.909. The Morgan fingerprint density at radius 3 is 2.36 bits per heavy atom. The van der Waals surface area contributed by atoms with Crippen molar-refractivity contribution in [1.82, 2.24) is 5.32 Å². The highest BCUT2D eigenvalue weighted by molar-refractivity contribution is 5.79. The minimum Gasteiger partial charge on any atom is -0.459 e. The summed E-state index contributed by atoms with van der Waals surface area (Å²) in [6.45, 7) is 6.74. The van der Waals surface area contributed by atoms with Gasteiger partial charge in [-0.15, -0.1) is 0 Å². The number of rotatable bonds is 1. The van der Waals surface area contributed by atoms with Crippen molar-refractivity contribution in [1.29, 1.82) is 0 Å². The van der Waals surface area contributed by atoms with Crippen molar-refractivity contribution >= 4 is 5.97 Å². The summed E-state index contributed by atoms with van der Waals surface area (Å²) >= 11 is 0. The Balaban J connectivity index is 1.93. The molecule has 0 aromatic carbocycles. The summed E-state index contributed by atoms with van der Waals surface area (Å²) < 4.78 is 5.37. The standard InChI is InChI=1S/C11H19NO2/c1-10(2,3)14-9(13)8-11(7-12-8)5-4-6-11/h8,12H,4-7H2,1-3H3. The van der Waals surface area contributed by atoms with E-state index in [0.29, 0.717) is 0 Å². The minimum absolute atomic E-state index is 0.0320. The molecule has 1 unspecified atom stereocenters. The molecule has 0 radical (unpaired) electrons. The van der Waals surface area contributed by atoms with E-state index in [0.717, 1.165) is 6.54 Å². The summed E-state index contributed by atoms with van der Waals surface area (Å²) in [4.78, 5) is 11.8. The molecule has 0 amide bonds. The first-order valence-corrected chi connectivity index (χ1v) is 5.39. The van der Waals surface area contributed by atoms with E-state index in [1.165, 1.54) is 19.3 Å². The third kappa shape index (κ3) is 1.54. The predicted molar refractivity (Wildman–Crippen MR) is 53.9 cm³/mol. The van der Waals surface area contributed by atoms with E-state index < -0.39 is 0 Å². The van der Waals surface area contributed by atoms with Crippen LogP contribution in [0.2, 0.25) is 0 Å². The quantitative estimate of drug-likeness (QED) is 0.647. The molecule has 1 aliphatic carbocycles. The maximum Gasteiger partial charge on any atom is 0.324 e. The number of hydrogen-bond donors (Lipinski definition) is 1. The van der Waals surface area contributed by atoms with Gasteiger partial charge in [0.1, 0.15) is 11.6 Å². The fourth-order valence-electron chi connectivity index (χ4n) is 2.28. The molecule has 3 nitrogen and oxygen atoms in total. The van der Waals surface area contributed by atoms with Crippen LogP contribution in [0.15, 0.2) is 0 Å². The van der Waals surface area contributed by atoms with Crippen molar-refractivity contribution in [2.75, 3.05) is 6.54 Å². The molecule has 1 spiro atoms. The molecule has 2 aliphatic rings. The molecule has 1 saturated carbocycles. The van der Waals surface area contributed by atoms with Crippen LogP contribution in [0.25, 0.3) is 0 Å². The van der Waals surface area contributed by atoms with Gasteiger partial charge in [0.15, 0.2) is 0 Å². The predicted octanol–water partition coefficient (Wildman–Crippen LogP) is 1.47. The van der Waals surface area contributed by atoms with Crippen LogP contribution in [0.1, 0.15) is 40.0 Å². The van der Waals surface area contributed by atoms with Crippen molar-refractivity contribution in [3.05, 3.63) is 0 Å². The molecular weight excluding hydrogens is 178 g/mol. The Labute approximate surface area is 85.2 Å². The number of esters is 1. The monoisotopic (exact) mass is 197 g/mol. The Morgan fingerprint density at radius 1 is 1.43 bits per heavy atom. The number of carbonyl (C=O) groups is 1. The number of carbonyl (C=O) groups excluding carboxylic acids is 1. The molecule has 0 aromatic rings. The largest absolute Gasteiger partial charge is 0.459 e. The molecule has 2 rings (SSSR count). The first-order valence-electron chi connectivity index (χ1n) is 5.39. The third-order valence-corrected chi connectivity index (χ3v) is 3.26. The Kier molecular flexibility index (Phi) is 2.11. The van der Waals surface area contributed by atoms with Crippen LogP contribution in [0.5, 0.6) is 0 Å². The SMILES string of the molecule is CC(C)(C)OC(=O)C1NCC12CCC2. The zero-order chi connectivity index (χ0) is 10.4. The molecular formula is C11H19NO2. The van der Waals surface area contributed by atoms with E-state index in [1.807, 2.05) is 20.8 Å². The lowest BCUT2D eigenvalue weighted by Gasteiger charge is -2.55. The number of ether oxygens (including phenoxy) is 1. The van der Waals surface area contributed by atoms with Crippen molar-refractivity contribution in [2.45, 2.75) is 51.7 Å². The maximum atomic E-state index is 11.8. The van der Waals surface area contributed by atoms with Crippen LogP contribution in [-0.2, 0) is 9.53 Å². The lowest BCUT2D eigenvalue weighted by Crippen LogP contribution is -2.69. The van der Waals surface area contributed by atoms with Gasteiger partial charge in [-0.05, 0) is 33.6 Å². The zero-order valence-corrected chi connectivity index (χ0v) is 9.22. The highest BCUT2D eigenvalue weighted by Gasteiger charge is 2.55. The lowest BCUT2D eigenvalue weighted by atomic mass is 9.59. The number of nitrogens with one attached hydrogen (secondary N) is 1. The van der Waals surface area contributed by atoms with Crippen LogP contribution in [0.3, 0.4) is 0 Å². The zero-order valence-electron chi connectivity index (χ0n) is 9.22. The molecule has 0 aromatic heterocycles. The van der Waals surface area contributed by atoms with E-state index >= 15 is 0 Å². The van der Waals surface area contributed by atoms with Crippen molar-refractivity contribution in [3.8, 4) is 0 Å². The van der Waals surface area contributed by atoms with E-state index in [4.69, 9.17) is 4.74 Å². The molecule has 80 valence electrons. The van der Waals surface area contributed by atoms with Crippen molar-refractivity contribution in [3.63, 3.8) is 0 Å². The summed E-state index contributed by atoms with van der Waals surface area (Å²) in [5, 5.41) is 3.19. The molecule has 1 saturated heterocycles. The second-order valence-corrected chi connectivity index (χ2v) is 5.56. The van der Waals surface area contributed by atoms with Gasteiger partial charge in [-0.1, -0.05) is 6.42 Å². The molecule has 3 heteroatoms. The van der Waals surface area contributed by atoms with Crippen molar-refractivity contribution < 1.29 is 9.53 Å². The smallest absolute Gasteiger partial charge is 0.324 e. The molecule has 0 bridgehead atoms. The summed E-state index contributed by atoms with van der Waals surface area (Å²) in [5.41, 5.74) is -0.0956. The second kappa shape index (κ2) is 2.96. The van der Waals surface area contributed by atoms with Crippen molar-refractivity contribution in [2.24, 2.45) is 5.41 Å². The van der Waals surface area contributed by atoms with E-state index in [9.17, 15) is 4.79 Å². The van der Waals surface area contributed by atoms with E-state index in [2.05, 4.69) is 5.32 Å².